The lowest BCUT2D eigenvalue weighted by Crippen LogP contribution is -2.15. The molecular formula is C21H21BrN2O2. The summed E-state index contributed by atoms with van der Waals surface area (Å²) in [5.74, 6) is 0.264. The zero-order valence-corrected chi connectivity index (χ0v) is 16.8. The van der Waals surface area contributed by atoms with E-state index in [1.165, 1.54) is 0 Å². The number of nitrogens with zero attached hydrogens (tertiary/aromatic N) is 1. The van der Waals surface area contributed by atoms with Crippen LogP contribution in [0.1, 0.15) is 31.9 Å². The van der Waals surface area contributed by atoms with Crippen molar-refractivity contribution >= 4 is 33.6 Å². The van der Waals surface area contributed by atoms with Gasteiger partial charge in [-0.3, -0.25) is 4.79 Å². The Balaban J connectivity index is 2.21. The average Bonchev–Trinajstić information content (AvgIpc) is 2.60. The predicted octanol–water partition coefficient (Wildman–Crippen LogP) is 5.30. The maximum Gasteiger partial charge on any atom is 0.266 e. The molecule has 0 aliphatic rings. The van der Waals surface area contributed by atoms with E-state index in [2.05, 4.69) is 42.0 Å². The molecule has 0 bridgehead atoms. The van der Waals surface area contributed by atoms with Crippen LogP contribution in [0.15, 0.2) is 52.5 Å². The summed E-state index contributed by atoms with van der Waals surface area (Å²) in [6.45, 7) is 6.37. The molecule has 4 nitrogen and oxygen atoms in total. The van der Waals surface area contributed by atoms with E-state index in [-0.39, 0.29) is 11.0 Å². The van der Waals surface area contributed by atoms with E-state index < -0.39 is 5.91 Å². The van der Waals surface area contributed by atoms with Crippen molar-refractivity contribution in [1.82, 2.24) is 0 Å². The SMILES string of the molecule is COc1ccc(/C=C(\C#N)C(=O)Nc2ccc(C(C)(C)C)cc2Br)cc1. The van der Waals surface area contributed by atoms with Gasteiger partial charge in [-0.05, 0) is 62.8 Å². The molecule has 0 aliphatic carbocycles. The van der Waals surface area contributed by atoms with Crippen LogP contribution in [-0.4, -0.2) is 13.0 Å². The molecule has 0 heterocycles. The van der Waals surface area contributed by atoms with Gasteiger partial charge in [0.2, 0.25) is 0 Å². The van der Waals surface area contributed by atoms with E-state index in [4.69, 9.17) is 4.74 Å². The summed E-state index contributed by atoms with van der Waals surface area (Å²) in [5, 5.41) is 12.1. The summed E-state index contributed by atoms with van der Waals surface area (Å²) in [7, 11) is 1.59. The molecule has 0 saturated carbocycles. The highest BCUT2D eigenvalue weighted by atomic mass is 79.9. The molecule has 0 radical (unpaired) electrons. The highest BCUT2D eigenvalue weighted by Crippen LogP contribution is 2.30. The first-order valence-corrected chi connectivity index (χ1v) is 8.91. The summed E-state index contributed by atoms with van der Waals surface area (Å²) in [4.78, 5) is 12.5. The van der Waals surface area contributed by atoms with Crippen LogP contribution in [0.2, 0.25) is 0 Å². The Morgan fingerprint density at radius 2 is 1.85 bits per heavy atom. The second-order valence-corrected chi connectivity index (χ2v) is 7.70. The first kappa shape index (κ1) is 19.7. The van der Waals surface area contributed by atoms with E-state index >= 15 is 0 Å². The Morgan fingerprint density at radius 1 is 1.19 bits per heavy atom. The Morgan fingerprint density at radius 3 is 2.35 bits per heavy atom. The smallest absolute Gasteiger partial charge is 0.266 e. The van der Waals surface area contributed by atoms with E-state index in [0.29, 0.717) is 11.4 Å². The molecule has 0 unspecified atom stereocenters. The minimum atomic E-state index is -0.451. The summed E-state index contributed by atoms with van der Waals surface area (Å²) >= 11 is 3.49. The summed E-state index contributed by atoms with van der Waals surface area (Å²) in [6, 6.07) is 14.9. The van der Waals surface area contributed by atoms with Crippen LogP contribution in [-0.2, 0) is 10.2 Å². The normalized spacial score (nSPS) is 11.6. The number of hydrogen-bond acceptors (Lipinski definition) is 3. The molecule has 0 aliphatic heterocycles. The van der Waals surface area contributed by atoms with Gasteiger partial charge in [-0.15, -0.1) is 0 Å². The molecule has 0 saturated heterocycles. The quantitative estimate of drug-likeness (QED) is 0.547. The summed E-state index contributed by atoms with van der Waals surface area (Å²) in [6.07, 6.45) is 1.55. The lowest BCUT2D eigenvalue weighted by molar-refractivity contribution is -0.112. The molecule has 2 aromatic carbocycles. The highest BCUT2D eigenvalue weighted by molar-refractivity contribution is 9.10. The number of carbonyl (C=O) groups excluding carboxylic acids is 1. The molecule has 5 heteroatoms. The largest absolute Gasteiger partial charge is 0.497 e. The van der Waals surface area contributed by atoms with Gasteiger partial charge in [0.25, 0.3) is 5.91 Å². The van der Waals surface area contributed by atoms with E-state index in [0.717, 1.165) is 15.6 Å². The second kappa shape index (κ2) is 8.20. The standard InChI is InChI=1S/C21H21BrN2O2/c1-21(2,3)16-7-10-19(18(22)12-16)24-20(25)15(13-23)11-14-5-8-17(26-4)9-6-14/h5-12H,1-4H3,(H,24,25)/b15-11+. The lowest BCUT2D eigenvalue weighted by atomic mass is 9.87. The third kappa shape index (κ3) is 4.96. The van der Waals surface area contributed by atoms with Crippen molar-refractivity contribution in [1.29, 1.82) is 5.26 Å². The molecule has 26 heavy (non-hydrogen) atoms. The van der Waals surface area contributed by atoms with Crippen LogP contribution < -0.4 is 10.1 Å². The van der Waals surface area contributed by atoms with Crippen LogP contribution >= 0.6 is 15.9 Å². The van der Waals surface area contributed by atoms with Crippen LogP contribution in [0, 0.1) is 11.3 Å². The van der Waals surface area contributed by atoms with Crippen molar-refractivity contribution in [3.8, 4) is 11.8 Å². The van der Waals surface area contributed by atoms with Crippen LogP contribution in [0.25, 0.3) is 6.08 Å². The maximum absolute atomic E-state index is 12.5. The van der Waals surface area contributed by atoms with E-state index in [1.807, 2.05) is 24.3 Å². The molecule has 1 amide bonds. The van der Waals surface area contributed by atoms with Gasteiger partial charge in [0.05, 0.1) is 12.8 Å². The molecule has 0 aromatic heterocycles. The van der Waals surface area contributed by atoms with E-state index in [9.17, 15) is 10.1 Å². The number of amides is 1. The molecule has 2 rings (SSSR count). The van der Waals surface area contributed by atoms with Crippen molar-refractivity contribution in [2.24, 2.45) is 0 Å². The minimum Gasteiger partial charge on any atom is -0.497 e. The Labute approximate surface area is 162 Å². The van der Waals surface area contributed by atoms with Crippen LogP contribution in [0.3, 0.4) is 0 Å². The monoisotopic (exact) mass is 412 g/mol. The van der Waals surface area contributed by atoms with Crippen molar-refractivity contribution in [3.05, 3.63) is 63.6 Å². The van der Waals surface area contributed by atoms with Crippen molar-refractivity contribution in [3.63, 3.8) is 0 Å². The Bertz CT molecular complexity index is 872. The highest BCUT2D eigenvalue weighted by Gasteiger charge is 2.16. The number of methoxy groups -OCH3 is 1. The first-order chi connectivity index (χ1) is 12.2. The number of nitrogens with one attached hydrogen (secondary N) is 1. The van der Waals surface area contributed by atoms with E-state index in [1.54, 1.807) is 37.5 Å². The van der Waals surface area contributed by atoms with Gasteiger partial charge >= 0.3 is 0 Å². The van der Waals surface area contributed by atoms with Gasteiger partial charge < -0.3 is 10.1 Å². The van der Waals surface area contributed by atoms with Gasteiger partial charge in [0, 0.05) is 4.47 Å². The third-order valence-electron chi connectivity index (χ3n) is 3.88. The molecular weight excluding hydrogens is 392 g/mol. The summed E-state index contributed by atoms with van der Waals surface area (Å²) < 4.78 is 5.88. The average molecular weight is 413 g/mol. The number of halogens is 1. The fourth-order valence-corrected chi connectivity index (χ4v) is 2.77. The van der Waals surface area contributed by atoms with Gasteiger partial charge in [0.15, 0.2) is 0 Å². The number of rotatable bonds is 4. The first-order valence-electron chi connectivity index (χ1n) is 8.12. The molecule has 1 N–H and O–H groups in total. The van der Waals surface area contributed by atoms with Gasteiger partial charge in [-0.1, -0.05) is 39.0 Å². The van der Waals surface area contributed by atoms with Gasteiger partial charge in [0.1, 0.15) is 17.4 Å². The number of carbonyl (C=O) groups is 1. The van der Waals surface area contributed by atoms with Gasteiger partial charge in [-0.2, -0.15) is 5.26 Å². The molecule has 2 aromatic rings. The second-order valence-electron chi connectivity index (χ2n) is 6.84. The Hall–Kier alpha value is -2.58. The number of anilines is 1. The maximum atomic E-state index is 12.5. The number of ether oxygens (including phenoxy) is 1. The van der Waals surface area contributed by atoms with Crippen molar-refractivity contribution < 1.29 is 9.53 Å². The molecule has 0 fully saturated rings. The fourth-order valence-electron chi connectivity index (χ4n) is 2.29. The van der Waals surface area contributed by atoms with Crippen LogP contribution in [0.5, 0.6) is 5.75 Å². The lowest BCUT2D eigenvalue weighted by Gasteiger charge is -2.20. The molecule has 0 spiro atoms. The number of nitriles is 1. The van der Waals surface area contributed by atoms with Gasteiger partial charge in [-0.25, -0.2) is 0 Å². The topological polar surface area (TPSA) is 62.1 Å². The Kier molecular flexibility index (Phi) is 6.23. The molecule has 134 valence electrons. The van der Waals surface area contributed by atoms with Crippen LogP contribution in [0.4, 0.5) is 5.69 Å². The predicted molar refractivity (Wildman–Crippen MR) is 108 cm³/mol. The summed E-state index contributed by atoms with van der Waals surface area (Å²) in [5.41, 5.74) is 2.56. The number of benzene rings is 2. The minimum absolute atomic E-state index is 0.0111. The molecule has 0 atom stereocenters. The number of hydrogen-bond donors (Lipinski definition) is 1. The van der Waals surface area contributed by atoms with Crippen molar-refractivity contribution in [2.75, 3.05) is 12.4 Å². The third-order valence-corrected chi connectivity index (χ3v) is 4.53. The zero-order valence-electron chi connectivity index (χ0n) is 15.3. The fraction of sp³-hybridized carbons (Fsp3) is 0.238. The van der Waals surface area contributed by atoms with Crippen molar-refractivity contribution in [2.45, 2.75) is 26.2 Å². The zero-order chi connectivity index (χ0) is 19.3.